The van der Waals surface area contributed by atoms with Crippen LogP contribution in [0.5, 0.6) is 0 Å². The van der Waals surface area contributed by atoms with E-state index in [0.717, 1.165) is 21.2 Å². The molecular formula is C20H20Cl2O4. The first-order valence-corrected chi connectivity index (χ1v) is 9.40. The third-order valence-electron chi connectivity index (χ3n) is 4.72. The van der Waals surface area contributed by atoms with Gasteiger partial charge in [-0.1, -0.05) is 47.5 Å². The van der Waals surface area contributed by atoms with Crippen LogP contribution in [0.3, 0.4) is 0 Å². The molecule has 0 N–H and O–H groups in total. The van der Waals surface area contributed by atoms with Gasteiger partial charge in [0.15, 0.2) is 0 Å². The summed E-state index contributed by atoms with van der Waals surface area (Å²) in [6.45, 7) is 2.05. The molecule has 0 amide bonds. The molecule has 0 saturated carbocycles. The predicted octanol–water partition coefficient (Wildman–Crippen LogP) is 4.26. The monoisotopic (exact) mass is 394 g/mol. The van der Waals surface area contributed by atoms with Crippen molar-refractivity contribution in [1.82, 2.24) is 0 Å². The topological polar surface area (TPSA) is 36.9 Å². The molecule has 4 atom stereocenters. The Bertz CT molecular complexity index is 656. The third-order valence-corrected chi connectivity index (χ3v) is 5.22. The molecule has 26 heavy (non-hydrogen) atoms. The van der Waals surface area contributed by atoms with Gasteiger partial charge in [-0.05, 0) is 35.4 Å². The van der Waals surface area contributed by atoms with E-state index in [0.29, 0.717) is 26.4 Å². The van der Waals surface area contributed by atoms with E-state index >= 15 is 0 Å². The number of hydrogen-bond donors (Lipinski definition) is 0. The molecule has 4 rings (SSSR count). The zero-order valence-electron chi connectivity index (χ0n) is 14.1. The van der Waals surface area contributed by atoms with Gasteiger partial charge in [0, 0.05) is 10.0 Å². The summed E-state index contributed by atoms with van der Waals surface area (Å²) < 4.78 is 23.8. The van der Waals surface area contributed by atoms with E-state index in [4.69, 9.17) is 42.1 Å². The van der Waals surface area contributed by atoms with Crippen LogP contribution < -0.4 is 0 Å². The summed E-state index contributed by atoms with van der Waals surface area (Å²) in [7, 11) is 0. The van der Waals surface area contributed by atoms with Crippen LogP contribution in [0.25, 0.3) is 0 Å². The van der Waals surface area contributed by atoms with Crippen molar-refractivity contribution in [3.8, 4) is 0 Å². The van der Waals surface area contributed by atoms with Crippen molar-refractivity contribution in [3.05, 3.63) is 69.7 Å². The molecule has 6 heteroatoms. The van der Waals surface area contributed by atoms with E-state index in [1.165, 1.54) is 0 Å². The lowest BCUT2D eigenvalue weighted by Gasteiger charge is -2.17. The van der Waals surface area contributed by atoms with Gasteiger partial charge in [-0.25, -0.2) is 0 Å². The first-order chi connectivity index (χ1) is 12.7. The van der Waals surface area contributed by atoms with Gasteiger partial charge < -0.3 is 18.9 Å². The van der Waals surface area contributed by atoms with Crippen molar-refractivity contribution in [1.29, 1.82) is 0 Å². The van der Waals surface area contributed by atoms with Gasteiger partial charge >= 0.3 is 0 Å². The Morgan fingerprint density at radius 1 is 0.692 bits per heavy atom. The van der Waals surface area contributed by atoms with Crippen LogP contribution in [0.15, 0.2) is 48.5 Å². The van der Waals surface area contributed by atoms with E-state index < -0.39 is 0 Å². The molecule has 2 fully saturated rings. The first kappa shape index (κ1) is 18.2. The van der Waals surface area contributed by atoms with Gasteiger partial charge in [0.1, 0.15) is 24.4 Å². The molecule has 2 aliphatic rings. The van der Waals surface area contributed by atoms with Crippen LogP contribution >= 0.6 is 23.2 Å². The van der Waals surface area contributed by atoms with Gasteiger partial charge in [0.25, 0.3) is 0 Å². The number of halogens is 2. The number of benzene rings is 2. The molecule has 2 aromatic carbocycles. The van der Waals surface area contributed by atoms with Crippen molar-refractivity contribution in [2.24, 2.45) is 0 Å². The van der Waals surface area contributed by atoms with Crippen molar-refractivity contribution in [3.63, 3.8) is 0 Å². The number of fused-ring (bicyclic) bond motifs is 1. The summed E-state index contributed by atoms with van der Waals surface area (Å²) in [6.07, 6.45) is -0.338. The van der Waals surface area contributed by atoms with E-state index in [1.807, 2.05) is 48.5 Å². The highest BCUT2D eigenvalue weighted by Crippen LogP contribution is 2.31. The maximum absolute atomic E-state index is 6.00. The average Bonchev–Trinajstić information content (AvgIpc) is 3.23. The van der Waals surface area contributed by atoms with Crippen LogP contribution in [-0.2, 0) is 32.2 Å². The minimum Gasteiger partial charge on any atom is -0.370 e. The maximum atomic E-state index is 6.00. The van der Waals surface area contributed by atoms with Crippen molar-refractivity contribution >= 4 is 23.2 Å². The van der Waals surface area contributed by atoms with Gasteiger partial charge in [-0.3, -0.25) is 0 Å². The Kier molecular flexibility index (Phi) is 5.79. The average molecular weight is 395 g/mol. The summed E-state index contributed by atoms with van der Waals surface area (Å²) in [4.78, 5) is 0. The van der Waals surface area contributed by atoms with Gasteiger partial charge in [-0.15, -0.1) is 0 Å². The van der Waals surface area contributed by atoms with E-state index in [2.05, 4.69) is 0 Å². The van der Waals surface area contributed by atoms with Gasteiger partial charge in [-0.2, -0.15) is 0 Å². The number of hydrogen-bond acceptors (Lipinski definition) is 4. The second-order valence-corrected chi connectivity index (χ2v) is 7.42. The molecule has 0 aliphatic carbocycles. The van der Waals surface area contributed by atoms with Gasteiger partial charge in [0.2, 0.25) is 0 Å². The molecule has 0 spiro atoms. The fraction of sp³-hybridized carbons (Fsp3) is 0.400. The largest absolute Gasteiger partial charge is 0.370 e. The van der Waals surface area contributed by atoms with E-state index in [1.54, 1.807) is 0 Å². The van der Waals surface area contributed by atoms with E-state index in [9.17, 15) is 0 Å². The van der Waals surface area contributed by atoms with Crippen LogP contribution in [0.4, 0.5) is 0 Å². The fourth-order valence-corrected chi connectivity index (χ4v) is 3.53. The SMILES string of the molecule is Clc1ccc(CO[C@H]2CO[C@@H]3[C@H]2OC[C@H]3OCc2ccc(Cl)cc2)cc1. The summed E-state index contributed by atoms with van der Waals surface area (Å²) >= 11 is 11.8. The van der Waals surface area contributed by atoms with Crippen molar-refractivity contribution in [2.75, 3.05) is 13.2 Å². The summed E-state index contributed by atoms with van der Waals surface area (Å²) in [5, 5.41) is 1.44. The smallest absolute Gasteiger partial charge is 0.115 e. The third kappa shape index (κ3) is 4.22. The van der Waals surface area contributed by atoms with Crippen molar-refractivity contribution in [2.45, 2.75) is 37.6 Å². The first-order valence-electron chi connectivity index (χ1n) is 8.64. The molecule has 138 valence electrons. The lowest BCUT2D eigenvalue weighted by atomic mass is 10.1. The molecule has 2 aromatic rings. The summed E-state index contributed by atoms with van der Waals surface area (Å²) in [6, 6.07) is 15.3. The molecule has 4 nitrogen and oxygen atoms in total. The minimum atomic E-state index is -0.0856. The minimum absolute atomic E-state index is 0.0835. The standard InChI is InChI=1S/C20H20Cl2O4/c21-15-5-1-13(2-6-15)9-23-17-11-25-20-18(12-26-19(17)20)24-10-14-3-7-16(22)8-4-14/h1-8,17-20H,9-12H2/t17-,18+,19-,20-/m0/s1. The van der Waals surface area contributed by atoms with Crippen molar-refractivity contribution < 1.29 is 18.9 Å². The number of rotatable bonds is 6. The molecule has 2 heterocycles. The van der Waals surface area contributed by atoms with Crippen LogP contribution in [0.1, 0.15) is 11.1 Å². The Balaban J connectivity index is 1.28. The number of ether oxygens (including phenoxy) is 4. The second kappa shape index (κ2) is 8.26. The highest BCUT2D eigenvalue weighted by molar-refractivity contribution is 6.30. The fourth-order valence-electron chi connectivity index (χ4n) is 3.28. The van der Waals surface area contributed by atoms with Crippen LogP contribution in [0.2, 0.25) is 10.0 Å². The Morgan fingerprint density at radius 2 is 1.08 bits per heavy atom. The second-order valence-electron chi connectivity index (χ2n) is 6.55. The molecule has 0 aromatic heterocycles. The van der Waals surface area contributed by atoms with Gasteiger partial charge in [0.05, 0.1) is 26.4 Å². The van der Waals surface area contributed by atoms with Crippen LogP contribution in [0, 0.1) is 0 Å². The Hall–Kier alpha value is -1.14. The Labute approximate surface area is 162 Å². The Morgan fingerprint density at radius 3 is 1.46 bits per heavy atom. The zero-order valence-corrected chi connectivity index (χ0v) is 15.7. The highest BCUT2D eigenvalue weighted by Gasteiger charge is 2.48. The molecule has 2 aliphatic heterocycles. The molecular weight excluding hydrogens is 375 g/mol. The predicted molar refractivity (Wildman–Crippen MR) is 99.5 cm³/mol. The van der Waals surface area contributed by atoms with Crippen LogP contribution in [-0.4, -0.2) is 37.6 Å². The molecule has 0 radical (unpaired) electrons. The highest BCUT2D eigenvalue weighted by atomic mass is 35.5. The lowest BCUT2D eigenvalue weighted by molar-refractivity contribution is -0.0580. The lowest BCUT2D eigenvalue weighted by Crippen LogP contribution is -2.34. The maximum Gasteiger partial charge on any atom is 0.115 e. The summed E-state index contributed by atoms with van der Waals surface area (Å²) in [5.74, 6) is 0. The normalized spacial score (nSPS) is 27.6. The molecule has 0 bridgehead atoms. The van der Waals surface area contributed by atoms with E-state index in [-0.39, 0.29) is 24.4 Å². The summed E-state index contributed by atoms with van der Waals surface area (Å²) in [5.41, 5.74) is 2.15. The molecule has 2 saturated heterocycles. The zero-order chi connectivity index (χ0) is 17.9. The quantitative estimate of drug-likeness (QED) is 0.733. The molecule has 0 unspecified atom stereocenters.